The summed E-state index contributed by atoms with van der Waals surface area (Å²) in [5, 5.41) is 2.52. The van der Waals surface area contributed by atoms with Crippen LogP contribution in [0.15, 0.2) is 12.2 Å². The van der Waals surface area contributed by atoms with Gasteiger partial charge in [0.05, 0.1) is 13.1 Å². The second-order valence-electron chi connectivity index (χ2n) is 5.84. The number of likely N-dealkylation sites (tertiary alicyclic amines) is 1. The van der Waals surface area contributed by atoms with Gasteiger partial charge in [0.1, 0.15) is 5.60 Å². The molecule has 1 aliphatic rings. The number of carbonyl (C=O) groups excluding carboxylic acids is 2. The van der Waals surface area contributed by atoms with Crippen LogP contribution in [-0.2, 0) is 9.53 Å². The molecule has 130 valence electrons. The summed E-state index contributed by atoms with van der Waals surface area (Å²) in [5.74, 6) is -3.27. The van der Waals surface area contributed by atoms with Crippen LogP contribution in [0.2, 0.25) is 0 Å². The highest BCUT2D eigenvalue weighted by Gasteiger charge is 2.45. The van der Waals surface area contributed by atoms with E-state index in [4.69, 9.17) is 4.74 Å². The standard InChI is InChI=1S/C13H20F2N2O3.CH4S.H2/c1-9(16-11(19)20-12(2,3)4)5-6-10(18)17-7-13(14,15)8-17;1-2;/h5-6,9H,7-8H2,1-4H3,(H,16,19);2H,1H3;1H/b6-5-;;/t9-;;/m0../s1. The quantitative estimate of drug-likeness (QED) is 0.613. The first kappa shape index (κ1) is 20.7. The van der Waals surface area contributed by atoms with E-state index in [9.17, 15) is 18.4 Å². The van der Waals surface area contributed by atoms with Gasteiger partial charge >= 0.3 is 6.09 Å². The minimum absolute atomic E-state index is 0. The number of thiol groups is 1. The minimum atomic E-state index is -2.77. The van der Waals surface area contributed by atoms with E-state index < -0.39 is 42.7 Å². The number of ether oxygens (including phenoxy) is 1. The molecule has 0 aromatic carbocycles. The van der Waals surface area contributed by atoms with Crippen LogP contribution >= 0.6 is 12.6 Å². The molecule has 5 nitrogen and oxygen atoms in total. The van der Waals surface area contributed by atoms with Crippen molar-refractivity contribution in [1.82, 2.24) is 10.2 Å². The first-order chi connectivity index (χ1) is 9.98. The van der Waals surface area contributed by atoms with Crippen molar-refractivity contribution in [2.45, 2.75) is 45.3 Å². The lowest BCUT2D eigenvalue weighted by Gasteiger charge is -2.38. The molecule has 2 amide bonds. The number of hydrogen-bond acceptors (Lipinski definition) is 4. The van der Waals surface area contributed by atoms with Crippen LogP contribution in [0, 0.1) is 0 Å². The molecular formula is C14H26F2N2O3S. The average Bonchev–Trinajstić information content (AvgIpc) is 2.33. The van der Waals surface area contributed by atoms with Crippen molar-refractivity contribution >= 4 is 24.6 Å². The molecule has 1 fully saturated rings. The average molecular weight is 340 g/mol. The van der Waals surface area contributed by atoms with E-state index in [0.29, 0.717) is 0 Å². The second kappa shape index (κ2) is 8.36. The summed E-state index contributed by atoms with van der Waals surface area (Å²) in [6.45, 7) is 5.76. The molecule has 1 rings (SSSR count). The van der Waals surface area contributed by atoms with Gasteiger partial charge in [-0.1, -0.05) is 6.08 Å². The number of amides is 2. The Labute approximate surface area is 137 Å². The van der Waals surface area contributed by atoms with E-state index in [1.807, 2.05) is 0 Å². The van der Waals surface area contributed by atoms with Gasteiger partial charge in [0.2, 0.25) is 5.91 Å². The predicted molar refractivity (Wildman–Crippen MR) is 86.5 cm³/mol. The Bertz CT molecular complexity index is 421. The Morgan fingerprint density at radius 1 is 1.36 bits per heavy atom. The number of halogens is 2. The molecule has 0 aromatic heterocycles. The molecule has 1 aliphatic heterocycles. The first-order valence-electron chi connectivity index (χ1n) is 6.78. The van der Waals surface area contributed by atoms with Gasteiger partial charge in [-0.05, 0) is 34.0 Å². The summed E-state index contributed by atoms with van der Waals surface area (Å²) in [5.41, 5.74) is -0.605. The molecule has 1 N–H and O–H groups in total. The second-order valence-corrected chi connectivity index (χ2v) is 5.84. The molecule has 0 radical (unpaired) electrons. The van der Waals surface area contributed by atoms with Gasteiger partial charge < -0.3 is 15.0 Å². The minimum Gasteiger partial charge on any atom is -0.444 e. The number of rotatable bonds is 3. The van der Waals surface area contributed by atoms with Gasteiger partial charge in [-0.3, -0.25) is 4.79 Å². The largest absolute Gasteiger partial charge is 0.444 e. The highest BCUT2D eigenvalue weighted by molar-refractivity contribution is 7.79. The first-order valence-corrected chi connectivity index (χ1v) is 7.67. The van der Waals surface area contributed by atoms with Crippen LogP contribution in [-0.4, -0.2) is 53.8 Å². The van der Waals surface area contributed by atoms with Crippen molar-refractivity contribution < 1.29 is 24.5 Å². The van der Waals surface area contributed by atoms with Gasteiger partial charge in [0.25, 0.3) is 5.92 Å². The van der Waals surface area contributed by atoms with Crippen LogP contribution < -0.4 is 5.32 Å². The zero-order chi connectivity index (χ0) is 17.6. The van der Waals surface area contributed by atoms with Crippen LogP contribution in [0.25, 0.3) is 0 Å². The van der Waals surface area contributed by atoms with Crippen LogP contribution in [0.4, 0.5) is 13.6 Å². The lowest BCUT2D eigenvalue weighted by molar-refractivity contribution is -0.160. The summed E-state index contributed by atoms with van der Waals surface area (Å²) in [6, 6.07) is -0.435. The maximum absolute atomic E-state index is 12.6. The fraction of sp³-hybridized carbons (Fsp3) is 0.714. The van der Waals surface area contributed by atoms with Crippen LogP contribution in [0.5, 0.6) is 0 Å². The molecule has 0 unspecified atom stereocenters. The van der Waals surface area contributed by atoms with Crippen LogP contribution in [0.3, 0.4) is 0 Å². The summed E-state index contributed by atoms with van der Waals surface area (Å²) < 4.78 is 30.2. The molecule has 0 bridgehead atoms. The molecule has 1 atom stereocenters. The van der Waals surface area contributed by atoms with Crippen LogP contribution in [0.1, 0.15) is 29.1 Å². The normalized spacial score (nSPS) is 17.9. The van der Waals surface area contributed by atoms with Gasteiger partial charge in [-0.15, -0.1) is 0 Å². The fourth-order valence-corrected chi connectivity index (χ4v) is 1.54. The molecule has 1 heterocycles. The van der Waals surface area contributed by atoms with Gasteiger partial charge in [0.15, 0.2) is 0 Å². The third-order valence-electron chi connectivity index (χ3n) is 2.43. The molecule has 0 aliphatic carbocycles. The molecule has 8 heteroatoms. The number of nitrogens with zero attached hydrogens (tertiary/aromatic N) is 1. The van der Waals surface area contributed by atoms with E-state index in [2.05, 4.69) is 17.9 Å². The third-order valence-corrected chi connectivity index (χ3v) is 2.43. The molecule has 0 saturated carbocycles. The topological polar surface area (TPSA) is 58.6 Å². The summed E-state index contributed by atoms with van der Waals surface area (Å²) in [4.78, 5) is 24.0. The van der Waals surface area contributed by atoms with Gasteiger partial charge in [-0.2, -0.15) is 12.6 Å². The van der Waals surface area contributed by atoms with Crippen molar-refractivity contribution in [3.63, 3.8) is 0 Å². The van der Waals surface area contributed by atoms with E-state index in [-0.39, 0.29) is 1.43 Å². The fourth-order valence-electron chi connectivity index (χ4n) is 1.54. The summed E-state index contributed by atoms with van der Waals surface area (Å²) in [6.07, 6.45) is 3.71. The van der Waals surface area contributed by atoms with Crippen molar-refractivity contribution in [3.8, 4) is 0 Å². The van der Waals surface area contributed by atoms with E-state index >= 15 is 0 Å². The molecule has 1 saturated heterocycles. The number of carbonyl (C=O) groups is 2. The van der Waals surface area contributed by atoms with Gasteiger partial charge in [-0.25, -0.2) is 13.6 Å². The summed E-state index contributed by atoms with van der Waals surface area (Å²) in [7, 11) is 0. The highest BCUT2D eigenvalue weighted by atomic mass is 32.1. The monoisotopic (exact) mass is 340 g/mol. The Kier molecular flexibility index (Phi) is 7.86. The third kappa shape index (κ3) is 8.21. The smallest absolute Gasteiger partial charge is 0.408 e. The number of hydrogen-bond donors (Lipinski definition) is 2. The van der Waals surface area contributed by atoms with E-state index in [0.717, 1.165) is 4.90 Å². The highest BCUT2D eigenvalue weighted by Crippen LogP contribution is 2.26. The lowest BCUT2D eigenvalue weighted by atomic mass is 10.1. The molecule has 0 spiro atoms. The molecule has 0 aromatic rings. The zero-order valence-electron chi connectivity index (χ0n) is 13.5. The number of nitrogens with one attached hydrogen (secondary N) is 1. The summed E-state index contributed by atoms with van der Waals surface area (Å²) >= 11 is 3.53. The Balaban J connectivity index is 0. The zero-order valence-corrected chi connectivity index (χ0v) is 14.4. The number of alkyl halides is 2. The Morgan fingerprint density at radius 3 is 2.27 bits per heavy atom. The van der Waals surface area contributed by atoms with Crippen molar-refractivity contribution in [2.75, 3.05) is 19.3 Å². The van der Waals surface area contributed by atoms with Gasteiger partial charge in [0, 0.05) is 13.5 Å². The maximum atomic E-state index is 12.6. The molecular weight excluding hydrogens is 314 g/mol. The predicted octanol–water partition coefficient (Wildman–Crippen LogP) is 2.73. The van der Waals surface area contributed by atoms with E-state index in [1.54, 1.807) is 34.0 Å². The molecule has 22 heavy (non-hydrogen) atoms. The maximum Gasteiger partial charge on any atom is 0.408 e. The SMILES string of the molecule is CS.C[C@@H](/C=C\C(=O)N1CC(F)(F)C1)NC(=O)OC(C)(C)C.[HH]. The Hall–Kier alpha value is -1.31. The Morgan fingerprint density at radius 2 is 1.86 bits per heavy atom. The van der Waals surface area contributed by atoms with E-state index in [1.165, 1.54) is 12.2 Å². The van der Waals surface area contributed by atoms with Crippen molar-refractivity contribution in [1.29, 1.82) is 0 Å². The number of alkyl carbamates (subject to hydrolysis) is 1. The lowest BCUT2D eigenvalue weighted by Crippen LogP contribution is -2.58. The van der Waals surface area contributed by atoms with Crippen molar-refractivity contribution in [3.05, 3.63) is 12.2 Å². The van der Waals surface area contributed by atoms with Crippen molar-refractivity contribution in [2.24, 2.45) is 0 Å².